The van der Waals surface area contributed by atoms with E-state index < -0.39 is 10.0 Å². The quantitative estimate of drug-likeness (QED) is 0.340. The molecule has 0 saturated carbocycles. The molecule has 110 valence electrons. The second kappa shape index (κ2) is 5.80. The van der Waals surface area contributed by atoms with Crippen LogP contribution in [0.15, 0.2) is 52.8 Å². The number of hydrogen-bond donors (Lipinski definition) is 3. The van der Waals surface area contributed by atoms with Crippen LogP contribution in [0.25, 0.3) is 0 Å². The summed E-state index contributed by atoms with van der Waals surface area (Å²) in [5.41, 5.74) is 6.84. The summed E-state index contributed by atoms with van der Waals surface area (Å²) >= 11 is 0. The molecule has 2 rings (SSSR count). The van der Waals surface area contributed by atoms with Crippen LogP contribution in [0.3, 0.4) is 0 Å². The highest BCUT2D eigenvalue weighted by Gasteiger charge is 2.18. The number of rotatable bonds is 4. The van der Waals surface area contributed by atoms with Gasteiger partial charge in [-0.1, -0.05) is 17.3 Å². The number of nitrogens with two attached hydrogens (primary N) is 1. The minimum absolute atomic E-state index is 0.0250. The van der Waals surface area contributed by atoms with E-state index in [1.54, 1.807) is 19.1 Å². The van der Waals surface area contributed by atoms with Crippen molar-refractivity contribution in [1.82, 2.24) is 4.98 Å². The van der Waals surface area contributed by atoms with Gasteiger partial charge in [-0.25, -0.2) is 8.42 Å². The molecule has 1 aromatic carbocycles. The van der Waals surface area contributed by atoms with Crippen molar-refractivity contribution in [2.45, 2.75) is 11.8 Å². The van der Waals surface area contributed by atoms with Gasteiger partial charge in [-0.2, -0.15) is 0 Å². The van der Waals surface area contributed by atoms with Crippen molar-refractivity contribution in [1.29, 1.82) is 0 Å². The first-order valence-corrected chi connectivity index (χ1v) is 7.44. The molecule has 0 spiro atoms. The standard InChI is InChI=1S/C13H14N4O3S/c1-9-4-2-6-11(12(9)13(14)16-18)17-21(19,20)10-5-3-7-15-8-10/h2-8,17-18H,1H3,(H2,14,16). The molecule has 0 unspecified atom stereocenters. The van der Waals surface area contributed by atoms with Crippen molar-refractivity contribution < 1.29 is 13.6 Å². The SMILES string of the molecule is Cc1cccc(NS(=O)(=O)c2cccnc2)c1/C(N)=N/O. The third-order valence-corrected chi connectivity index (χ3v) is 4.18. The summed E-state index contributed by atoms with van der Waals surface area (Å²) in [6, 6.07) is 7.89. The van der Waals surface area contributed by atoms with Crippen LogP contribution in [0, 0.1) is 6.92 Å². The van der Waals surface area contributed by atoms with Crippen LogP contribution >= 0.6 is 0 Å². The first-order valence-electron chi connectivity index (χ1n) is 5.96. The molecule has 0 aliphatic rings. The fourth-order valence-electron chi connectivity index (χ4n) is 1.85. The number of aryl methyl sites for hydroxylation is 1. The summed E-state index contributed by atoms with van der Waals surface area (Å²) in [7, 11) is -3.80. The number of hydrogen-bond acceptors (Lipinski definition) is 5. The van der Waals surface area contributed by atoms with Crippen LogP contribution in [-0.2, 0) is 10.0 Å². The molecular weight excluding hydrogens is 292 g/mol. The van der Waals surface area contributed by atoms with E-state index in [0.717, 1.165) is 0 Å². The highest BCUT2D eigenvalue weighted by Crippen LogP contribution is 2.22. The van der Waals surface area contributed by atoms with Crippen molar-refractivity contribution in [3.8, 4) is 0 Å². The fraction of sp³-hybridized carbons (Fsp3) is 0.0769. The number of anilines is 1. The molecule has 0 aliphatic heterocycles. The zero-order chi connectivity index (χ0) is 15.5. The van der Waals surface area contributed by atoms with Crippen LogP contribution < -0.4 is 10.5 Å². The zero-order valence-corrected chi connectivity index (χ0v) is 12.0. The molecule has 0 atom stereocenters. The van der Waals surface area contributed by atoms with Crippen LogP contribution in [0.5, 0.6) is 0 Å². The van der Waals surface area contributed by atoms with Crippen molar-refractivity contribution in [3.63, 3.8) is 0 Å². The van der Waals surface area contributed by atoms with E-state index in [1.807, 2.05) is 0 Å². The minimum Gasteiger partial charge on any atom is -0.409 e. The molecule has 0 radical (unpaired) electrons. The smallest absolute Gasteiger partial charge is 0.263 e. The second-order valence-corrected chi connectivity index (χ2v) is 5.96. The lowest BCUT2D eigenvalue weighted by atomic mass is 10.1. The zero-order valence-electron chi connectivity index (χ0n) is 11.2. The average molecular weight is 306 g/mol. The van der Waals surface area contributed by atoms with Gasteiger partial charge in [0.2, 0.25) is 0 Å². The van der Waals surface area contributed by atoms with Crippen molar-refractivity contribution in [2.24, 2.45) is 10.9 Å². The molecule has 0 aliphatic carbocycles. The van der Waals surface area contributed by atoms with Gasteiger partial charge in [-0.3, -0.25) is 9.71 Å². The minimum atomic E-state index is -3.80. The Morgan fingerprint density at radius 1 is 1.33 bits per heavy atom. The Morgan fingerprint density at radius 3 is 2.71 bits per heavy atom. The molecule has 2 aromatic rings. The lowest BCUT2D eigenvalue weighted by molar-refractivity contribution is 0.318. The van der Waals surface area contributed by atoms with Gasteiger partial charge in [0.05, 0.1) is 5.69 Å². The molecule has 0 fully saturated rings. The van der Waals surface area contributed by atoms with Crippen LogP contribution in [0.2, 0.25) is 0 Å². The maximum Gasteiger partial charge on any atom is 0.263 e. The van der Waals surface area contributed by atoms with Gasteiger partial charge in [0.15, 0.2) is 5.84 Å². The monoisotopic (exact) mass is 306 g/mol. The molecule has 21 heavy (non-hydrogen) atoms. The topological polar surface area (TPSA) is 118 Å². The van der Waals surface area contributed by atoms with E-state index in [9.17, 15) is 8.42 Å². The summed E-state index contributed by atoms with van der Waals surface area (Å²) in [5.74, 6) is -0.169. The van der Waals surface area contributed by atoms with Crippen LogP contribution in [-0.4, -0.2) is 24.4 Å². The van der Waals surface area contributed by atoms with E-state index in [2.05, 4.69) is 14.9 Å². The second-order valence-electron chi connectivity index (χ2n) is 4.28. The van der Waals surface area contributed by atoms with Gasteiger partial charge in [-0.15, -0.1) is 0 Å². The Balaban J connectivity index is 2.48. The van der Waals surface area contributed by atoms with Gasteiger partial charge in [0.25, 0.3) is 10.0 Å². The van der Waals surface area contributed by atoms with Gasteiger partial charge in [0, 0.05) is 18.0 Å². The van der Waals surface area contributed by atoms with Crippen molar-refractivity contribution in [3.05, 3.63) is 53.9 Å². The van der Waals surface area contributed by atoms with E-state index in [1.165, 1.54) is 30.6 Å². The molecular formula is C13H14N4O3S. The lowest BCUT2D eigenvalue weighted by Crippen LogP contribution is -2.20. The molecule has 4 N–H and O–H groups in total. The molecule has 0 saturated heterocycles. The fourth-order valence-corrected chi connectivity index (χ4v) is 2.89. The summed E-state index contributed by atoms with van der Waals surface area (Å²) in [4.78, 5) is 3.80. The van der Waals surface area contributed by atoms with Gasteiger partial charge >= 0.3 is 0 Å². The summed E-state index contributed by atoms with van der Waals surface area (Å²) in [6.45, 7) is 1.73. The largest absolute Gasteiger partial charge is 0.409 e. The Kier molecular flexibility index (Phi) is 4.08. The first kappa shape index (κ1) is 14.8. The molecule has 8 heteroatoms. The molecule has 1 heterocycles. The average Bonchev–Trinajstić information content (AvgIpc) is 2.47. The van der Waals surface area contributed by atoms with Gasteiger partial charge in [-0.05, 0) is 30.7 Å². The Hall–Kier alpha value is -2.61. The molecule has 0 amide bonds. The summed E-state index contributed by atoms with van der Waals surface area (Å²) < 4.78 is 27.0. The maximum absolute atomic E-state index is 12.3. The Morgan fingerprint density at radius 2 is 2.10 bits per heavy atom. The normalized spacial score (nSPS) is 12.1. The summed E-state index contributed by atoms with van der Waals surface area (Å²) in [5, 5.41) is 11.8. The van der Waals surface area contributed by atoms with E-state index in [-0.39, 0.29) is 16.4 Å². The predicted octanol–water partition coefficient (Wildman–Crippen LogP) is 1.29. The number of pyridine rings is 1. The Labute approximate surface area is 122 Å². The maximum atomic E-state index is 12.3. The predicted molar refractivity (Wildman–Crippen MR) is 78.7 cm³/mol. The number of oxime groups is 1. The van der Waals surface area contributed by atoms with Crippen molar-refractivity contribution >= 4 is 21.5 Å². The van der Waals surface area contributed by atoms with Gasteiger partial charge in [0.1, 0.15) is 4.90 Å². The van der Waals surface area contributed by atoms with Crippen molar-refractivity contribution in [2.75, 3.05) is 4.72 Å². The number of nitrogens with zero attached hydrogens (tertiary/aromatic N) is 2. The highest BCUT2D eigenvalue weighted by atomic mass is 32.2. The number of amidine groups is 1. The molecule has 1 aromatic heterocycles. The van der Waals surface area contributed by atoms with Crippen LogP contribution in [0.1, 0.15) is 11.1 Å². The molecule has 7 nitrogen and oxygen atoms in total. The number of aromatic nitrogens is 1. The third kappa shape index (κ3) is 3.11. The van der Waals surface area contributed by atoms with E-state index >= 15 is 0 Å². The number of nitrogens with one attached hydrogen (secondary N) is 1. The van der Waals surface area contributed by atoms with Gasteiger partial charge < -0.3 is 10.9 Å². The number of benzene rings is 1. The highest BCUT2D eigenvalue weighted by molar-refractivity contribution is 7.92. The summed E-state index contributed by atoms with van der Waals surface area (Å²) in [6.07, 6.45) is 2.72. The lowest BCUT2D eigenvalue weighted by Gasteiger charge is -2.13. The van der Waals surface area contributed by atoms with Crippen LogP contribution in [0.4, 0.5) is 5.69 Å². The van der Waals surface area contributed by atoms with E-state index in [0.29, 0.717) is 11.1 Å². The number of sulfonamides is 1. The molecule has 0 bridgehead atoms. The first-order chi connectivity index (χ1) is 9.95. The third-order valence-electron chi connectivity index (χ3n) is 2.83. The Bertz CT molecular complexity index is 773. The van der Waals surface area contributed by atoms with E-state index in [4.69, 9.17) is 10.9 Å².